The van der Waals surface area contributed by atoms with Gasteiger partial charge in [0.25, 0.3) is 0 Å². The first kappa shape index (κ1) is 13.2. The maximum atomic E-state index is 8.96. The molecule has 0 spiro atoms. The van der Waals surface area contributed by atoms with Crippen LogP contribution in [-0.2, 0) is 19.7 Å². The van der Waals surface area contributed by atoms with Crippen LogP contribution in [0.2, 0.25) is 0 Å². The van der Waals surface area contributed by atoms with Crippen LogP contribution in [0.3, 0.4) is 0 Å². The van der Waals surface area contributed by atoms with Crippen LogP contribution in [0.25, 0.3) is 0 Å². The number of aryl methyl sites for hydroxylation is 2. The summed E-state index contributed by atoms with van der Waals surface area (Å²) in [5.41, 5.74) is 3.30. The second-order valence-corrected chi connectivity index (χ2v) is 5.62. The fourth-order valence-electron chi connectivity index (χ4n) is 1.69. The zero-order valence-corrected chi connectivity index (χ0v) is 11.5. The third-order valence-corrected chi connectivity index (χ3v) is 3.96. The number of aliphatic hydroxyl groups excluding tert-OH is 1. The van der Waals surface area contributed by atoms with E-state index in [0.717, 1.165) is 29.4 Å². The molecule has 0 unspecified atom stereocenters. The lowest BCUT2D eigenvalue weighted by molar-refractivity contribution is 0.282. The van der Waals surface area contributed by atoms with Crippen LogP contribution in [0.1, 0.15) is 26.7 Å². The van der Waals surface area contributed by atoms with Gasteiger partial charge in [0.1, 0.15) is 5.01 Å². The number of hydrogen-bond acceptors (Lipinski definition) is 4. The molecule has 4 heteroatoms. The molecule has 2 aromatic rings. The van der Waals surface area contributed by atoms with Crippen molar-refractivity contribution in [1.82, 2.24) is 10.3 Å². The molecule has 3 nitrogen and oxygen atoms in total. The van der Waals surface area contributed by atoms with Gasteiger partial charge in [0.2, 0.25) is 0 Å². The SMILES string of the molecule is Cc1nc(CNCc2ccc(CO)cc2)sc1C. The molecule has 0 aliphatic rings. The molecule has 0 atom stereocenters. The molecule has 1 aromatic carbocycles. The second kappa shape index (κ2) is 6.09. The summed E-state index contributed by atoms with van der Waals surface area (Å²) >= 11 is 1.75. The van der Waals surface area contributed by atoms with E-state index in [1.54, 1.807) is 11.3 Å². The lowest BCUT2D eigenvalue weighted by Gasteiger charge is -2.03. The number of hydrogen-bond donors (Lipinski definition) is 2. The third-order valence-electron chi connectivity index (χ3n) is 2.88. The lowest BCUT2D eigenvalue weighted by Crippen LogP contribution is -2.12. The van der Waals surface area contributed by atoms with E-state index in [0.29, 0.717) is 0 Å². The Labute approximate surface area is 112 Å². The number of benzene rings is 1. The predicted molar refractivity (Wildman–Crippen MR) is 74.5 cm³/mol. The molecule has 2 N–H and O–H groups in total. The molecule has 96 valence electrons. The van der Waals surface area contributed by atoms with Crippen LogP contribution in [0.15, 0.2) is 24.3 Å². The van der Waals surface area contributed by atoms with Gasteiger partial charge in [-0.15, -0.1) is 11.3 Å². The molecule has 1 aromatic heterocycles. The Kier molecular flexibility index (Phi) is 4.47. The van der Waals surface area contributed by atoms with Crippen LogP contribution < -0.4 is 5.32 Å². The summed E-state index contributed by atoms with van der Waals surface area (Å²) in [6, 6.07) is 7.98. The van der Waals surface area contributed by atoms with E-state index in [-0.39, 0.29) is 6.61 Å². The molecule has 0 saturated heterocycles. The van der Waals surface area contributed by atoms with Crippen LogP contribution >= 0.6 is 11.3 Å². The number of nitrogens with zero attached hydrogens (tertiary/aromatic N) is 1. The highest BCUT2D eigenvalue weighted by Gasteiger charge is 2.02. The summed E-state index contributed by atoms with van der Waals surface area (Å²) in [7, 11) is 0. The van der Waals surface area contributed by atoms with Crippen LogP contribution in [0.4, 0.5) is 0 Å². The first-order valence-electron chi connectivity index (χ1n) is 6.01. The standard InChI is InChI=1S/C14H18N2OS/c1-10-11(2)18-14(16-10)8-15-7-12-3-5-13(9-17)6-4-12/h3-6,15,17H,7-9H2,1-2H3. The van der Waals surface area contributed by atoms with Gasteiger partial charge in [0.05, 0.1) is 12.3 Å². The van der Waals surface area contributed by atoms with E-state index >= 15 is 0 Å². The van der Waals surface area contributed by atoms with Gasteiger partial charge in [-0.2, -0.15) is 0 Å². The van der Waals surface area contributed by atoms with Crippen molar-refractivity contribution in [2.45, 2.75) is 33.5 Å². The Morgan fingerprint density at radius 3 is 2.33 bits per heavy atom. The van der Waals surface area contributed by atoms with Crippen molar-refractivity contribution in [2.24, 2.45) is 0 Å². The quantitative estimate of drug-likeness (QED) is 0.870. The molecule has 0 aliphatic carbocycles. The first-order valence-corrected chi connectivity index (χ1v) is 6.83. The highest BCUT2D eigenvalue weighted by molar-refractivity contribution is 7.11. The fraction of sp³-hybridized carbons (Fsp3) is 0.357. The van der Waals surface area contributed by atoms with Crippen LogP contribution in [-0.4, -0.2) is 10.1 Å². The fourth-order valence-corrected chi connectivity index (χ4v) is 2.59. The van der Waals surface area contributed by atoms with Gasteiger partial charge in [0.15, 0.2) is 0 Å². The molecule has 0 amide bonds. The van der Waals surface area contributed by atoms with Crippen LogP contribution in [0.5, 0.6) is 0 Å². The molecule has 0 saturated carbocycles. The average molecular weight is 262 g/mol. The van der Waals surface area contributed by atoms with Gasteiger partial charge >= 0.3 is 0 Å². The summed E-state index contributed by atoms with van der Waals surface area (Å²) in [6.07, 6.45) is 0. The zero-order chi connectivity index (χ0) is 13.0. The summed E-state index contributed by atoms with van der Waals surface area (Å²) in [6.45, 7) is 5.88. The van der Waals surface area contributed by atoms with Crippen molar-refractivity contribution in [1.29, 1.82) is 0 Å². The highest BCUT2D eigenvalue weighted by Crippen LogP contribution is 2.16. The van der Waals surface area contributed by atoms with Crippen LogP contribution in [0, 0.1) is 13.8 Å². The summed E-state index contributed by atoms with van der Waals surface area (Å²) in [5.74, 6) is 0. The molecule has 2 rings (SSSR count). The van der Waals surface area contributed by atoms with Crippen molar-refractivity contribution in [3.8, 4) is 0 Å². The Morgan fingerprint density at radius 2 is 1.78 bits per heavy atom. The van der Waals surface area contributed by atoms with Gasteiger partial charge in [0, 0.05) is 18.0 Å². The molecule has 18 heavy (non-hydrogen) atoms. The Bertz CT molecular complexity index is 486. The molecule has 0 fully saturated rings. The number of aliphatic hydroxyl groups is 1. The highest BCUT2D eigenvalue weighted by atomic mass is 32.1. The second-order valence-electron chi connectivity index (χ2n) is 4.33. The Morgan fingerprint density at radius 1 is 1.11 bits per heavy atom. The summed E-state index contributed by atoms with van der Waals surface area (Å²) < 4.78 is 0. The van der Waals surface area contributed by atoms with E-state index in [4.69, 9.17) is 5.11 Å². The van der Waals surface area contributed by atoms with E-state index < -0.39 is 0 Å². The largest absolute Gasteiger partial charge is 0.392 e. The summed E-state index contributed by atoms with van der Waals surface area (Å²) in [4.78, 5) is 5.78. The summed E-state index contributed by atoms with van der Waals surface area (Å²) in [5, 5.41) is 13.5. The molecule has 0 radical (unpaired) electrons. The third kappa shape index (κ3) is 3.38. The smallest absolute Gasteiger partial charge is 0.107 e. The van der Waals surface area contributed by atoms with Crippen molar-refractivity contribution in [3.63, 3.8) is 0 Å². The lowest BCUT2D eigenvalue weighted by atomic mass is 10.1. The molecule has 0 aliphatic heterocycles. The average Bonchev–Trinajstić information content (AvgIpc) is 2.69. The monoisotopic (exact) mass is 262 g/mol. The van der Waals surface area contributed by atoms with Gasteiger partial charge in [-0.25, -0.2) is 4.98 Å². The zero-order valence-electron chi connectivity index (χ0n) is 10.7. The maximum absolute atomic E-state index is 8.96. The molecular weight excluding hydrogens is 244 g/mol. The molecule has 0 bridgehead atoms. The number of thiazole rings is 1. The minimum atomic E-state index is 0.103. The molecule has 1 heterocycles. The minimum Gasteiger partial charge on any atom is -0.392 e. The van der Waals surface area contributed by atoms with Crippen molar-refractivity contribution < 1.29 is 5.11 Å². The van der Waals surface area contributed by atoms with Gasteiger partial charge in [-0.05, 0) is 25.0 Å². The Hall–Kier alpha value is -1.23. The van der Waals surface area contributed by atoms with Crippen molar-refractivity contribution in [3.05, 3.63) is 51.0 Å². The van der Waals surface area contributed by atoms with E-state index in [1.807, 2.05) is 31.2 Å². The van der Waals surface area contributed by atoms with Crippen molar-refractivity contribution in [2.75, 3.05) is 0 Å². The van der Waals surface area contributed by atoms with E-state index in [9.17, 15) is 0 Å². The maximum Gasteiger partial charge on any atom is 0.107 e. The van der Waals surface area contributed by atoms with Gasteiger partial charge < -0.3 is 10.4 Å². The topological polar surface area (TPSA) is 45.2 Å². The van der Waals surface area contributed by atoms with Crippen molar-refractivity contribution >= 4 is 11.3 Å². The molecular formula is C14H18N2OS. The normalized spacial score (nSPS) is 10.8. The predicted octanol–water partition coefficient (Wildman–Crippen LogP) is 2.54. The van der Waals surface area contributed by atoms with E-state index in [1.165, 1.54) is 10.4 Å². The van der Waals surface area contributed by atoms with E-state index in [2.05, 4.69) is 17.2 Å². The Balaban J connectivity index is 1.84. The first-order chi connectivity index (χ1) is 8.69. The van der Waals surface area contributed by atoms with Gasteiger partial charge in [-0.1, -0.05) is 24.3 Å². The number of nitrogens with one attached hydrogen (secondary N) is 1. The number of rotatable bonds is 5. The number of aromatic nitrogens is 1. The minimum absolute atomic E-state index is 0.103. The van der Waals surface area contributed by atoms with Gasteiger partial charge in [-0.3, -0.25) is 0 Å².